The summed E-state index contributed by atoms with van der Waals surface area (Å²) < 4.78 is 0. The third-order valence-electron chi connectivity index (χ3n) is 4.95. The number of amides is 1. The third-order valence-corrected chi connectivity index (χ3v) is 5.73. The molecule has 0 bridgehead atoms. The molecule has 1 aliphatic heterocycles. The number of aromatic nitrogens is 5. The van der Waals surface area contributed by atoms with Crippen molar-refractivity contribution in [1.82, 2.24) is 25.2 Å². The van der Waals surface area contributed by atoms with Gasteiger partial charge in [-0.25, -0.2) is 4.98 Å². The molecule has 0 radical (unpaired) electrons. The highest BCUT2D eigenvalue weighted by Gasteiger charge is 2.26. The van der Waals surface area contributed by atoms with Crippen LogP contribution in [0.25, 0.3) is 22.6 Å². The highest BCUT2D eigenvalue weighted by atomic mass is 32.1. The maximum atomic E-state index is 12.9. The van der Waals surface area contributed by atoms with Crippen LogP contribution in [-0.4, -0.2) is 37.6 Å². The first-order valence-electron chi connectivity index (χ1n) is 9.36. The van der Waals surface area contributed by atoms with Crippen molar-refractivity contribution in [2.45, 2.75) is 19.9 Å². The van der Waals surface area contributed by atoms with Crippen LogP contribution in [0, 0.1) is 6.92 Å². The zero-order valence-electron chi connectivity index (χ0n) is 15.8. The standard InChI is InChI=1S/C21H18N6OS/c1-14-22-18(13-29-14)16-7-8-19-17(11-16)9-10-26(19)20(28)12-27-24-21(23-25-27)15-5-3-2-4-6-15/h2-8,11,13H,9-10,12H2,1H3. The normalized spacial score (nSPS) is 12.9. The zero-order chi connectivity index (χ0) is 19.8. The number of rotatable bonds is 4. The molecule has 0 saturated heterocycles. The number of carbonyl (C=O) groups is 1. The number of hydrogen-bond acceptors (Lipinski definition) is 6. The van der Waals surface area contributed by atoms with E-state index in [9.17, 15) is 4.79 Å². The Labute approximate surface area is 171 Å². The molecule has 0 unspecified atom stereocenters. The summed E-state index contributed by atoms with van der Waals surface area (Å²) in [6.07, 6.45) is 0.831. The maximum absolute atomic E-state index is 12.9. The van der Waals surface area contributed by atoms with Crippen LogP contribution in [0.2, 0.25) is 0 Å². The second-order valence-corrected chi connectivity index (χ2v) is 7.96. The van der Waals surface area contributed by atoms with Crippen molar-refractivity contribution in [1.29, 1.82) is 0 Å². The van der Waals surface area contributed by atoms with Gasteiger partial charge in [-0.3, -0.25) is 4.79 Å². The Balaban J connectivity index is 1.33. The minimum Gasteiger partial charge on any atom is -0.310 e. The van der Waals surface area contributed by atoms with Crippen molar-refractivity contribution < 1.29 is 4.79 Å². The number of fused-ring (bicyclic) bond motifs is 1. The first kappa shape index (κ1) is 17.7. The average Bonchev–Trinajstić information content (AvgIpc) is 3.47. The van der Waals surface area contributed by atoms with Crippen molar-refractivity contribution in [2.75, 3.05) is 11.4 Å². The summed E-state index contributed by atoms with van der Waals surface area (Å²) in [5, 5.41) is 15.6. The molecule has 4 aromatic rings. The van der Waals surface area contributed by atoms with E-state index in [0.717, 1.165) is 39.5 Å². The monoisotopic (exact) mass is 402 g/mol. The van der Waals surface area contributed by atoms with E-state index in [4.69, 9.17) is 0 Å². The lowest BCUT2D eigenvalue weighted by atomic mass is 10.1. The Morgan fingerprint density at radius 1 is 1.14 bits per heavy atom. The molecular weight excluding hydrogens is 384 g/mol. The van der Waals surface area contributed by atoms with Crippen molar-refractivity contribution in [3.63, 3.8) is 0 Å². The van der Waals surface area contributed by atoms with Crippen molar-refractivity contribution in [3.8, 4) is 22.6 Å². The van der Waals surface area contributed by atoms with Gasteiger partial charge in [-0.15, -0.1) is 21.5 Å². The molecule has 3 heterocycles. The predicted octanol–water partition coefficient (Wildman–Crippen LogP) is 3.36. The largest absolute Gasteiger partial charge is 0.310 e. The second kappa shape index (κ2) is 7.21. The molecule has 144 valence electrons. The van der Waals surface area contributed by atoms with Gasteiger partial charge in [0.1, 0.15) is 6.54 Å². The molecule has 0 saturated carbocycles. The number of anilines is 1. The summed E-state index contributed by atoms with van der Waals surface area (Å²) >= 11 is 1.64. The average molecular weight is 402 g/mol. The number of benzene rings is 2. The van der Waals surface area contributed by atoms with Gasteiger partial charge in [0.25, 0.3) is 5.91 Å². The summed E-state index contributed by atoms with van der Waals surface area (Å²) in [7, 11) is 0. The highest BCUT2D eigenvalue weighted by Crippen LogP contribution is 2.32. The highest BCUT2D eigenvalue weighted by molar-refractivity contribution is 7.09. The minimum atomic E-state index is -0.0435. The quantitative estimate of drug-likeness (QED) is 0.523. The molecule has 0 atom stereocenters. The number of tetrazole rings is 1. The fourth-order valence-electron chi connectivity index (χ4n) is 3.54. The molecule has 2 aromatic carbocycles. The summed E-state index contributed by atoms with van der Waals surface area (Å²) in [5.41, 5.74) is 5.07. The van der Waals surface area contributed by atoms with E-state index >= 15 is 0 Å². The van der Waals surface area contributed by atoms with Crippen LogP contribution in [0.4, 0.5) is 5.69 Å². The third kappa shape index (κ3) is 3.42. The molecule has 7 nitrogen and oxygen atoms in total. The number of aryl methyl sites for hydroxylation is 1. The second-order valence-electron chi connectivity index (χ2n) is 6.90. The van der Waals surface area contributed by atoms with Crippen LogP contribution < -0.4 is 4.90 Å². The number of carbonyl (C=O) groups excluding carboxylic acids is 1. The van der Waals surface area contributed by atoms with E-state index in [1.165, 1.54) is 4.80 Å². The van der Waals surface area contributed by atoms with Gasteiger partial charge in [-0.1, -0.05) is 36.4 Å². The van der Waals surface area contributed by atoms with Crippen molar-refractivity contribution >= 4 is 22.9 Å². The van der Waals surface area contributed by atoms with Gasteiger partial charge in [-0.2, -0.15) is 4.80 Å². The lowest BCUT2D eigenvalue weighted by Crippen LogP contribution is -2.32. The van der Waals surface area contributed by atoms with Gasteiger partial charge >= 0.3 is 0 Å². The fraction of sp³-hybridized carbons (Fsp3) is 0.190. The molecule has 0 N–H and O–H groups in total. The lowest BCUT2D eigenvalue weighted by molar-refractivity contribution is -0.119. The van der Waals surface area contributed by atoms with Crippen LogP contribution in [0.1, 0.15) is 10.6 Å². The Morgan fingerprint density at radius 2 is 2.00 bits per heavy atom. The molecule has 8 heteroatoms. The van der Waals surface area contributed by atoms with Gasteiger partial charge in [0, 0.05) is 28.7 Å². The van der Waals surface area contributed by atoms with Crippen LogP contribution in [0.15, 0.2) is 53.9 Å². The van der Waals surface area contributed by atoms with E-state index in [-0.39, 0.29) is 12.5 Å². The number of nitrogens with zero attached hydrogens (tertiary/aromatic N) is 6. The van der Waals surface area contributed by atoms with Crippen molar-refractivity contribution in [3.05, 3.63) is 64.5 Å². The molecule has 0 aliphatic carbocycles. The summed E-state index contributed by atoms with van der Waals surface area (Å²) in [6.45, 7) is 2.73. The summed E-state index contributed by atoms with van der Waals surface area (Å²) in [4.78, 5) is 20.6. The van der Waals surface area contributed by atoms with Gasteiger partial charge in [-0.05, 0) is 36.3 Å². The van der Waals surface area contributed by atoms with E-state index in [0.29, 0.717) is 12.4 Å². The van der Waals surface area contributed by atoms with Gasteiger partial charge in [0.2, 0.25) is 5.82 Å². The molecule has 2 aromatic heterocycles. The number of hydrogen-bond donors (Lipinski definition) is 0. The molecular formula is C21H18N6OS. The Kier molecular flexibility index (Phi) is 4.40. The summed E-state index contributed by atoms with van der Waals surface area (Å²) in [6, 6.07) is 15.8. The zero-order valence-corrected chi connectivity index (χ0v) is 16.6. The first-order valence-corrected chi connectivity index (χ1v) is 10.2. The van der Waals surface area contributed by atoms with E-state index in [2.05, 4.69) is 31.8 Å². The van der Waals surface area contributed by atoms with Crippen LogP contribution in [-0.2, 0) is 17.8 Å². The van der Waals surface area contributed by atoms with Crippen LogP contribution >= 0.6 is 11.3 Å². The van der Waals surface area contributed by atoms with Crippen molar-refractivity contribution in [2.24, 2.45) is 0 Å². The van der Waals surface area contributed by atoms with E-state index in [1.807, 2.05) is 49.4 Å². The molecule has 1 aliphatic rings. The van der Waals surface area contributed by atoms with Gasteiger partial charge in [0.05, 0.1) is 10.7 Å². The van der Waals surface area contributed by atoms with Crippen LogP contribution in [0.3, 0.4) is 0 Å². The summed E-state index contributed by atoms with van der Waals surface area (Å²) in [5.74, 6) is 0.474. The molecule has 29 heavy (non-hydrogen) atoms. The Bertz CT molecular complexity index is 1180. The number of thiazole rings is 1. The molecule has 0 fully saturated rings. The van der Waals surface area contributed by atoms with Gasteiger partial charge < -0.3 is 4.90 Å². The molecule has 5 rings (SSSR count). The minimum absolute atomic E-state index is 0.0435. The predicted molar refractivity (Wildman–Crippen MR) is 112 cm³/mol. The van der Waals surface area contributed by atoms with Gasteiger partial charge in [0.15, 0.2) is 0 Å². The smallest absolute Gasteiger partial charge is 0.250 e. The Hall–Kier alpha value is -3.39. The fourth-order valence-corrected chi connectivity index (χ4v) is 4.16. The Morgan fingerprint density at radius 3 is 2.79 bits per heavy atom. The first-order chi connectivity index (χ1) is 14.2. The maximum Gasteiger partial charge on any atom is 0.250 e. The molecule has 1 amide bonds. The lowest BCUT2D eigenvalue weighted by Gasteiger charge is -2.17. The van der Waals surface area contributed by atoms with E-state index < -0.39 is 0 Å². The van der Waals surface area contributed by atoms with Crippen LogP contribution in [0.5, 0.6) is 0 Å². The van der Waals surface area contributed by atoms with E-state index in [1.54, 1.807) is 16.2 Å². The topological polar surface area (TPSA) is 76.8 Å². The SMILES string of the molecule is Cc1nc(-c2ccc3c(c2)CCN3C(=O)Cn2nnc(-c3ccccc3)n2)cs1. The molecule has 0 spiro atoms.